The largest absolute Gasteiger partial charge is 0.482 e. The molecule has 2 atom stereocenters. The van der Waals surface area contributed by atoms with Gasteiger partial charge in [0.1, 0.15) is 5.75 Å². The molecule has 2 N–H and O–H groups in total. The first-order valence-corrected chi connectivity index (χ1v) is 10.00. The first kappa shape index (κ1) is 23.5. The number of esters is 1. The second kappa shape index (κ2) is 11.4. The van der Waals surface area contributed by atoms with E-state index in [1.54, 1.807) is 19.1 Å². The van der Waals surface area contributed by atoms with Crippen LogP contribution in [0.1, 0.15) is 36.1 Å². The Morgan fingerprint density at radius 3 is 2.86 bits per heavy atom. The average molecular weight is 440 g/mol. The van der Waals surface area contributed by atoms with Gasteiger partial charge in [0, 0.05) is 17.6 Å². The summed E-state index contributed by atoms with van der Waals surface area (Å²) in [5, 5.41) is 14.5. The number of hydrogen-bond acceptors (Lipinski definition) is 5. The third-order valence-corrected chi connectivity index (χ3v) is 5.14. The molecule has 7 heteroatoms. The minimum absolute atomic E-state index is 0. The second-order valence-corrected chi connectivity index (χ2v) is 7.38. The van der Waals surface area contributed by atoms with Crippen LogP contribution in [-0.4, -0.2) is 36.9 Å². The van der Waals surface area contributed by atoms with E-state index in [1.165, 1.54) is 11.1 Å². The predicted molar refractivity (Wildman–Crippen MR) is 116 cm³/mol. The molecule has 5 nitrogen and oxygen atoms in total. The molecule has 0 heterocycles. The third-order valence-electron chi connectivity index (χ3n) is 4.90. The molecule has 0 aliphatic heterocycles. The number of benzene rings is 2. The molecule has 2 aromatic carbocycles. The van der Waals surface area contributed by atoms with Crippen molar-refractivity contribution in [3.05, 3.63) is 64.2 Å². The van der Waals surface area contributed by atoms with E-state index in [0.717, 1.165) is 24.8 Å². The summed E-state index contributed by atoms with van der Waals surface area (Å²) in [6.45, 7) is 2.51. The van der Waals surface area contributed by atoms with Crippen LogP contribution in [0.4, 0.5) is 0 Å². The zero-order valence-corrected chi connectivity index (χ0v) is 18.0. The van der Waals surface area contributed by atoms with Crippen molar-refractivity contribution >= 4 is 30.0 Å². The Labute approximate surface area is 182 Å². The summed E-state index contributed by atoms with van der Waals surface area (Å²) >= 11 is 6.00. The summed E-state index contributed by atoms with van der Waals surface area (Å²) in [5.41, 5.74) is 3.32. The number of fused-ring (bicyclic) bond motifs is 1. The standard InChI is InChI=1S/C22H26ClNO4.ClH/c1-2-27-22(26)14-28-20-9-7-15-6-8-19(11-17(15)12-20)24-13-21(25)16-4-3-5-18(23)10-16;/h3-5,7,9-10,12,19,21,24-25H,2,6,8,11,13-14H2,1H3;1H/t19-,21-;/m0./s1. The van der Waals surface area contributed by atoms with Crippen molar-refractivity contribution in [3.63, 3.8) is 0 Å². The summed E-state index contributed by atoms with van der Waals surface area (Å²) in [6.07, 6.45) is 2.24. The minimum Gasteiger partial charge on any atom is -0.482 e. The summed E-state index contributed by atoms with van der Waals surface area (Å²) in [4.78, 5) is 11.5. The molecule has 0 unspecified atom stereocenters. The lowest BCUT2D eigenvalue weighted by atomic mass is 9.88. The number of aliphatic hydroxyl groups is 1. The molecule has 0 amide bonds. The van der Waals surface area contributed by atoms with Crippen LogP contribution in [0.5, 0.6) is 5.75 Å². The Balaban J connectivity index is 0.00000300. The Morgan fingerprint density at radius 2 is 2.10 bits per heavy atom. The monoisotopic (exact) mass is 439 g/mol. The quantitative estimate of drug-likeness (QED) is 0.610. The van der Waals surface area contributed by atoms with E-state index < -0.39 is 6.10 Å². The fraction of sp³-hybridized carbons (Fsp3) is 0.409. The van der Waals surface area contributed by atoms with Gasteiger partial charge in [-0.1, -0.05) is 29.8 Å². The molecule has 0 bridgehead atoms. The lowest BCUT2D eigenvalue weighted by molar-refractivity contribution is -0.145. The maximum atomic E-state index is 11.5. The number of carbonyl (C=O) groups is 1. The van der Waals surface area contributed by atoms with Crippen LogP contribution in [0.3, 0.4) is 0 Å². The minimum atomic E-state index is -0.598. The number of rotatable bonds is 8. The molecular weight excluding hydrogens is 413 g/mol. The lowest BCUT2D eigenvalue weighted by Gasteiger charge is -2.27. The highest BCUT2D eigenvalue weighted by Gasteiger charge is 2.20. The van der Waals surface area contributed by atoms with Gasteiger partial charge in [-0.2, -0.15) is 0 Å². The van der Waals surface area contributed by atoms with E-state index >= 15 is 0 Å². The molecule has 3 rings (SSSR count). The lowest BCUT2D eigenvalue weighted by Crippen LogP contribution is -2.37. The number of aryl methyl sites for hydroxylation is 1. The first-order valence-electron chi connectivity index (χ1n) is 9.62. The zero-order chi connectivity index (χ0) is 19.9. The van der Waals surface area contributed by atoms with Gasteiger partial charge in [0.05, 0.1) is 12.7 Å². The van der Waals surface area contributed by atoms with Crippen LogP contribution in [0.15, 0.2) is 42.5 Å². The smallest absolute Gasteiger partial charge is 0.344 e. The SMILES string of the molecule is CCOC(=O)COc1ccc2c(c1)C[C@@H](NC[C@H](O)c1cccc(Cl)c1)CC2.Cl. The zero-order valence-electron chi connectivity index (χ0n) is 16.4. The van der Waals surface area contributed by atoms with Gasteiger partial charge in [-0.15, -0.1) is 12.4 Å². The Morgan fingerprint density at radius 1 is 1.28 bits per heavy atom. The summed E-state index contributed by atoms with van der Waals surface area (Å²) < 4.78 is 10.4. The van der Waals surface area contributed by atoms with Gasteiger partial charge in [-0.05, 0) is 67.1 Å². The van der Waals surface area contributed by atoms with Gasteiger partial charge in [-0.25, -0.2) is 4.79 Å². The van der Waals surface area contributed by atoms with Gasteiger partial charge in [-0.3, -0.25) is 0 Å². The Hall–Kier alpha value is -1.79. The molecular formula is C22H27Cl2NO4. The van der Waals surface area contributed by atoms with Crippen molar-refractivity contribution in [2.45, 2.75) is 38.3 Å². The number of carbonyl (C=O) groups excluding carboxylic acids is 1. The van der Waals surface area contributed by atoms with E-state index in [1.807, 2.05) is 24.3 Å². The van der Waals surface area contributed by atoms with Gasteiger partial charge >= 0.3 is 5.97 Å². The summed E-state index contributed by atoms with van der Waals surface area (Å²) in [7, 11) is 0. The third kappa shape index (κ3) is 6.89. The maximum Gasteiger partial charge on any atom is 0.344 e. The van der Waals surface area contributed by atoms with Crippen LogP contribution in [-0.2, 0) is 22.4 Å². The maximum absolute atomic E-state index is 11.5. The number of halogens is 2. The van der Waals surface area contributed by atoms with E-state index in [-0.39, 0.29) is 31.0 Å². The molecule has 0 saturated heterocycles. The van der Waals surface area contributed by atoms with E-state index in [4.69, 9.17) is 21.1 Å². The molecule has 29 heavy (non-hydrogen) atoms. The summed E-state index contributed by atoms with van der Waals surface area (Å²) in [6, 6.07) is 13.5. The number of nitrogens with one attached hydrogen (secondary N) is 1. The molecule has 0 spiro atoms. The van der Waals surface area contributed by atoms with Crippen LogP contribution in [0.25, 0.3) is 0 Å². The molecule has 2 aromatic rings. The fourth-order valence-corrected chi connectivity index (χ4v) is 3.65. The van der Waals surface area contributed by atoms with Crippen LogP contribution >= 0.6 is 24.0 Å². The highest BCUT2D eigenvalue weighted by Crippen LogP contribution is 2.26. The van der Waals surface area contributed by atoms with Crippen molar-refractivity contribution in [3.8, 4) is 5.75 Å². The van der Waals surface area contributed by atoms with E-state index in [2.05, 4.69) is 11.4 Å². The Bertz CT molecular complexity index is 815. The van der Waals surface area contributed by atoms with Crippen LogP contribution in [0, 0.1) is 0 Å². The normalized spacial score (nSPS) is 16.3. The molecule has 0 saturated carbocycles. The van der Waals surface area contributed by atoms with E-state index in [9.17, 15) is 9.90 Å². The van der Waals surface area contributed by atoms with Gasteiger partial charge in [0.15, 0.2) is 6.61 Å². The highest BCUT2D eigenvalue weighted by molar-refractivity contribution is 6.30. The van der Waals surface area contributed by atoms with E-state index in [0.29, 0.717) is 23.9 Å². The molecule has 158 valence electrons. The first-order chi connectivity index (χ1) is 13.5. The van der Waals surface area contributed by atoms with Crippen molar-refractivity contribution < 1.29 is 19.4 Å². The fourth-order valence-electron chi connectivity index (χ4n) is 3.45. The van der Waals surface area contributed by atoms with Crippen molar-refractivity contribution in [1.29, 1.82) is 0 Å². The summed E-state index contributed by atoms with van der Waals surface area (Å²) in [5.74, 6) is 0.307. The number of aliphatic hydroxyl groups excluding tert-OH is 1. The molecule has 0 aromatic heterocycles. The van der Waals surface area contributed by atoms with Crippen molar-refractivity contribution in [2.24, 2.45) is 0 Å². The van der Waals surface area contributed by atoms with Crippen LogP contribution < -0.4 is 10.1 Å². The van der Waals surface area contributed by atoms with Crippen LogP contribution in [0.2, 0.25) is 5.02 Å². The van der Waals surface area contributed by atoms with Crippen molar-refractivity contribution in [2.75, 3.05) is 19.8 Å². The highest BCUT2D eigenvalue weighted by atomic mass is 35.5. The number of hydrogen-bond donors (Lipinski definition) is 2. The average Bonchev–Trinajstić information content (AvgIpc) is 2.70. The van der Waals surface area contributed by atoms with Gasteiger partial charge in [0.2, 0.25) is 0 Å². The molecule has 1 aliphatic carbocycles. The number of ether oxygens (including phenoxy) is 2. The Kier molecular flexibility index (Phi) is 9.24. The van der Waals surface area contributed by atoms with Gasteiger partial charge in [0.25, 0.3) is 0 Å². The molecule has 0 radical (unpaired) electrons. The molecule has 1 aliphatic rings. The second-order valence-electron chi connectivity index (χ2n) is 6.94. The predicted octanol–water partition coefficient (Wildman–Crippen LogP) is 3.88. The van der Waals surface area contributed by atoms with Gasteiger partial charge < -0.3 is 19.9 Å². The van der Waals surface area contributed by atoms with Crippen molar-refractivity contribution in [1.82, 2.24) is 5.32 Å². The topological polar surface area (TPSA) is 67.8 Å². The molecule has 0 fully saturated rings.